The Bertz CT molecular complexity index is 258. The molecule has 1 N–H and O–H groups in total. The number of halogens is 1. The standard InChI is InChI=1S/C10H19N3O2.ClH/c1-8-7-11-4-5-13(8)10(15)6-9(14)12(2)3;/h8,11H,4-7H2,1-3H3;1H/t8-;/m0./s1. The molecule has 1 fully saturated rings. The van der Waals surface area contributed by atoms with E-state index in [1.165, 1.54) is 4.90 Å². The summed E-state index contributed by atoms with van der Waals surface area (Å²) in [5.41, 5.74) is 0. The van der Waals surface area contributed by atoms with E-state index in [4.69, 9.17) is 0 Å². The SMILES string of the molecule is C[C@H]1CNCCN1C(=O)CC(=O)N(C)C.Cl. The molecule has 1 heterocycles. The first kappa shape index (κ1) is 15.2. The Morgan fingerprint density at radius 2 is 2.06 bits per heavy atom. The van der Waals surface area contributed by atoms with Gasteiger partial charge in [0.05, 0.1) is 0 Å². The van der Waals surface area contributed by atoms with Crippen LogP contribution in [0.25, 0.3) is 0 Å². The zero-order valence-corrected chi connectivity index (χ0v) is 10.8. The lowest BCUT2D eigenvalue weighted by Crippen LogP contribution is -2.52. The second-order valence-corrected chi connectivity index (χ2v) is 4.11. The highest BCUT2D eigenvalue weighted by atomic mass is 35.5. The first-order valence-corrected chi connectivity index (χ1v) is 5.22. The number of rotatable bonds is 2. The van der Waals surface area contributed by atoms with Gasteiger partial charge in [-0.15, -0.1) is 12.4 Å². The minimum Gasteiger partial charge on any atom is -0.348 e. The first-order valence-electron chi connectivity index (χ1n) is 5.22. The Labute approximate surface area is 103 Å². The molecule has 1 rings (SSSR count). The van der Waals surface area contributed by atoms with Crippen LogP contribution in [-0.4, -0.2) is 61.4 Å². The summed E-state index contributed by atoms with van der Waals surface area (Å²) in [4.78, 5) is 26.4. The van der Waals surface area contributed by atoms with Crippen LogP contribution in [0.4, 0.5) is 0 Å². The van der Waals surface area contributed by atoms with Gasteiger partial charge in [-0.25, -0.2) is 0 Å². The van der Waals surface area contributed by atoms with Crippen LogP contribution in [-0.2, 0) is 9.59 Å². The molecule has 5 nitrogen and oxygen atoms in total. The van der Waals surface area contributed by atoms with E-state index in [9.17, 15) is 9.59 Å². The van der Waals surface area contributed by atoms with Crippen LogP contribution in [0.3, 0.4) is 0 Å². The largest absolute Gasteiger partial charge is 0.348 e. The summed E-state index contributed by atoms with van der Waals surface area (Å²) in [6.07, 6.45) is -0.0165. The molecule has 2 amide bonds. The number of hydrogen-bond acceptors (Lipinski definition) is 3. The number of piperazine rings is 1. The summed E-state index contributed by atoms with van der Waals surface area (Å²) < 4.78 is 0. The van der Waals surface area contributed by atoms with E-state index < -0.39 is 0 Å². The van der Waals surface area contributed by atoms with Crippen molar-refractivity contribution in [3.63, 3.8) is 0 Å². The van der Waals surface area contributed by atoms with Gasteiger partial charge in [0.1, 0.15) is 6.42 Å². The van der Waals surface area contributed by atoms with E-state index in [1.54, 1.807) is 19.0 Å². The van der Waals surface area contributed by atoms with Crippen molar-refractivity contribution in [2.75, 3.05) is 33.7 Å². The highest BCUT2D eigenvalue weighted by Crippen LogP contribution is 2.05. The molecule has 94 valence electrons. The molecule has 1 aliphatic rings. The molecule has 0 aromatic carbocycles. The molecular weight excluding hydrogens is 230 g/mol. The molecule has 0 unspecified atom stereocenters. The molecule has 0 spiro atoms. The van der Waals surface area contributed by atoms with Crippen molar-refractivity contribution >= 4 is 24.2 Å². The minimum absolute atomic E-state index is 0. The first-order chi connectivity index (χ1) is 7.02. The summed E-state index contributed by atoms with van der Waals surface area (Å²) in [6, 6.07) is 0.182. The second kappa shape index (κ2) is 6.70. The average molecular weight is 250 g/mol. The number of carbonyl (C=O) groups excluding carboxylic acids is 2. The van der Waals surface area contributed by atoms with E-state index in [2.05, 4.69) is 5.32 Å². The van der Waals surface area contributed by atoms with Gasteiger partial charge in [-0.3, -0.25) is 9.59 Å². The number of nitrogens with one attached hydrogen (secondary N) is 1. The summed E-state index contributed by atoms with van der Waals surface area (Å²) in [6.45, 7) is 4.30. The third-order valence-corrected chi connectivity index (χ3v) is 2.62. The lowest BCUT2D eigenvalue weighted by atomic mass is 10.2. The zero-order chi connectivity index (χ0) is 11.4. The molecule has 0 saturated carbocycles. The van der Waals surface area contributed by atoms with Crippen molar-refractivity contribution in [3.05, 3.63) is 0 Å². The Morgan fingerprint density at radius 3 is 2.56 bits per heavy atom. The zero-order valence-electron chi connectivity index (χ0n) is 10.0. The van der Waals surface area contributed by atoms with Gasteiger partial charge in [-0.1, -0.05) is 0 Å². The molecule has 0 aliphatic carbocycles. The van der Waals surface area contributed by atoms with Gasteiger partial charge < -0.3 is 15.1 Å². The predicted molar refractivity (Wildman–Crippen MR) is 64.6 cm³/mol. The Kier molecular flexibility index (Phi) is 6.36. The molecule has 1 atom stereocenters. The lowest BCUT2D eigenvalue weighted by molar-refractivity contribution is -0.141. The van der Waals surface area contributed by atoms with Gasteiger partial charge in [0.15, 0.2) is 0 Å². The minimum atomic E-state index is -0.134. The van der Waals surface area contributed by atoms with Gasteiger partial charge in [-0.2, -0.15) is 0 Å². The summed E-state index contributed by atoms with van der Waals surface area (Å²) in [7, 11) is 3.33. The number of nitrogens with zero attached hydrogens (tertiary/aromatic N) is 2. The molecule has 0 radical (unpaired) electrons. The molecule has 16 heavy (non-hydrogen) atoms. The van der Waals surface area contributed by atoms with Crippen molar-refractivity contribution < 1.29 is 9.59 Å². The fourth-order valence-electron chi connectivity index (χ4n) is 1.60. The van der Waals surface area contributed by atoms with E-state index >= 15 is 0 Å². The number of carbonyl (C=O) groups is 2. The smallest absolute Gasteiger partial charge is 0.232 e. The molecule has 0 aromatic heterocycles. The van der Waals surface area contributed by atoms with Crippen LogP contribution in [0, 0.1) is 0 Å². The summed E-state index contributed by atoms with van der Waals surface area (Å²) >= 11 is 0. The van der Waals surface area contributed by atoms with Gasteiger partial charge in [-0.05, 0) is 6.92 Å². The average Bonchev–Trinajstić information content (AvgIpc) is 2.18. The van der Waals surface area contributed by atoms with Crippen molar-refractivity contribution in [3.8, 4) is 0 Å². The van der Waals surface area contributed by atoms with E-state index in [1.807, 2.05) is 6.92 Å². The van der Waals surface area contributed by atoms with Gasteiger partial charge in [0.2, 0.25) is 11.8 Å². The fraction of sp³-hybridized carbons (Fsp3) is 0.800. The number of hydrogen-bond donors (Lipinski definition) is 1. The maximum atomic E-state index is 11.8. The van der Waals surface area contributed by atoms with Crippen LogP contribution in [0.5, 0.6) is 0 Å². The van der Waals surface area contributed by atoms with Crippen LogP contribution in [0.1, 0.15) is 13.3 Å². The third kappa shape index (κ3) is 3.98. The maximum Gasteiger partial charge on any atom is 0.232 e. The Balaban J connectivity index is 0.00000225. The van der Waals surface area contributed by atoms with Crippen LogP contribution < -0.4 is 5.32 Å². The normalized spacial score (nSPS) is 19.9. The van der Waals surface area contributed by atoms with Crippen molar-refractivity contribution in [2.45, 2.75) is 19.4 Å². The molecule has 0 aromatic rings. The van der Waals surface area contributed by atoms with Crippen LogP contribution in [0.15, 0.2) is 0 Å². The van der Waals surface area contributed by atoms with Crippen molar-refractivity contribution in [1.82, 2.24) is 15.1 Å². The van der Waals surface area contributed by atoms with Gasteiger partial charge >= 0.3 is 0 Å². The Morgan fingerprint density at radius 1 is 1.44 bits per heavy atom. The van der Waals surface area contributed by atoms with Gasteiger partial charge in [0, 0.05) is 39.8 Å². The van der Waals surface area contributed by atoms with Crippen LogP contribution in [0.2, 0.25) is 0 Å². The molecule has 0 bridgehead atoms. The lowest BCUT2D eigenvalue weighted by Gasteiger charge is -2.34. The third-order valence-electron chi connectivity index (χ3n) is 2.62. The fourth-order valence-corrected chi connectivity index (χ4v) is 1.60. The molecule has 6 heteroatoms. The second-order valence-electron chi connectivity index (χ2n) is 4.11. The van der Waals surface area contributed by atoms with Gasteiger partial charge in [0.25, 0.3) is 0 Å². The van der Waals surface area contributed by atoms with E-state index in [0.29, 0.717) is 6.54 Å². The predicted octanol–water partition coefficient (Wildman–Crippen LogP) is -0.293. The van der Waals surface area contributed by atoms with E-state index in [0.717, 1.165) is 13.1 Å². The topological polar surface area (TPSA) is 52.7 Å². The summed E-state index contributed by atoms with van der Waals surface area (Å²) in [5, 5.41) is 3.21. The highest BCUT2D eigenvalue weighted by molar-refractivity contribution is 5.96. The molecule has 1 aliphatic heterocycles. The highest BCUT2D eigenvalue weighted by Gasteiger charge is 2.24. The van der Waals surface area contributed by atoms with Crippen LogP contribution >= 0.6 is 12.4 Å². The van der Waals surface area contributed by atoms with E-state index in [-0.39, 0.29) is 36.7 Å². The van der Waals surface area contributed by atoms with Crippen molar-refractivity contribution in [1.29, 1.82) is 0 Å². The number of amides is 2. The quantitative estimate of drug-likeness (QED) is 0.685. The monoisotopic (exact) mass is 249 g/mol. The molecule has 1 saturated heterocycles. The summed E-state index contributed by atoms with van der Waals surface area (Å²) in [5.74, 6) is -0.201. The Hall–Kier alpha value is -0.810. The van der Waals surface area contributed by atoms with Crippen molar-refractivity contribution in [2.24, 2.45) is 0 Å². The molecular formula is C10H20ClN3O2. The maximum absolute atomic E-state index is 11.8.